The second-order valence-corrected chi connectivity index (χ2v) is 6.59. The fourth-order valence-electron chi connectivity index (χ4n) is 2.93. The molecule has 0 aromatic heterocycles. The quantitative estimate of drug-likeness (QED) is 0.709. The number of hydrogen-bond donors (Lipinski definition) is 1. The standard InChI is InChI=1S/C22H24N2O2/c1-24(2)15-21(18-9-4-3-5-10-18)23-22(25)16-26-20-13-12-17-8-6-7-11-19(17)14-20/h3-14,21H,15-16H2,1-2H3,(H,23,25)/t21-/m1/s1. The van der Waals surface area contributed by atoms with Crippen molar-refractivity contribution in [3.63, 3.8) is 0 Å². The van der Waals surface area contributed by atoms with Gasteiger partial charge in [-0.1, -0.05) is 60.7 Å². The van der Waals surface area contributed by atoms with E-state index < -0.39 is 0 Å². The van der Waals surface area contributed by atoms with Crippen LogP contribution in [0.3, 0.4) is 0 Å². The predicted molar refractivity (Wildman–Crippen MR) is 105 cm³/mol. The van der Waals surface area contributed by atoms with Crippen molar-refractivity contribution in [2.75, 3.05) is 27.2 Å². The van der Waals surface area contributed by atoms with E-state index in [1.54, 1.807) is 0 Å². The zero-order chi connectivity index (χ0) is 18.4. The van der Waals surface area contributed by atoms with Crippen LogP contribution < -0.4 is 10.1 Å². The van der Waals surface area contributed by atoms with Crippen molar-refractivity contribution in [2.24, 2.45) is 0 Å². The van der Waals surface area contributed by atoms with Crippen LogP contribution in [0.4, 0.5) is 0 Å². The van der Waals surface area contributed by atoms with Gasteiger partial charge in [-0.3, -0.25) is 4.79 Å². The maximum Gasteiger partial charge on any atom is 0.258 e. The summed E-state index contributed by atoms with van der Waals surface area (Å²) in [5.41, 5.74) is 1.08. The van der Waals surface area contributed by atoms with E-state index in [-0.39, 0.29) is 18.6 Å². The SMILES string of the molecule is CN(C)C[C@@H](NC(=O)COc1ccc2ccccc2c1)c1ccccc1. The summed E-state index contributed by atoms with van der Waals surface area (Å²) in [5, 5.41) is 5.32. The largest absolute Gasteiger partial charge is 0.484 e. The van der Waals surface area contributed by atoms with Gasteiger partial charge in [0.25, 0.3) is 5.91 Å². The Labute approximate surface area is 154 Å². The second kappa shape index (κ2) is 8.50. The third kappa shape index (κ3) is 4.83. The van der Waals surface area contributed by atoms with Crippen molar-refractivity contribution in [1.29, 1.82) is 0 Å². The third-order valence-electron chi connectivity index (χ3n) is 4.18. The summed E-state index contributed by atoms with van der Waals surface area (Å²) in [6, 6.07) is 23.9. The zero-order valence-electron chi connectivity index (χ0n) is 15.2. The first kappa shape index (κ1) is 18.0. The van der Waals surface area contributed by atoms with E-state index in [4.69, 9.17) is 4.74 Å². The minimum atomic E-state index is -0.131. The Morgan fingerprint density at radius 2 is 1.65 bits per heavy atom. The first-order valence-electron chi connectivity index (χ1n) is 8.72. The van der Waals surface area contributed by atoms with Crippen LogP contribution in [0.2, 0.25) is 0 Å². The van der Waals surface area contributed by atoms with Crippen LogP contribution in [0.1, 0.15) is 11.6 Å². The highest BCUT2D eigenvalue weighted by atomic mass is 16.5. The number of fused-ring (bicyclic) bond motifs is 1. The van der Waals surface area contributed by atoms with Crippen molar-refractivity contribution in [3.8, 4) is 5.75 Å². The summed E-state index contributed by atoms with van der Waals surface area (Å²) in [5.74, 6) is 0.566. The molecule has 3 aromatic carbocycles. The summed E-state index contributed by atoms with van der Waals surface area (Å²) in [7, 11) is 3.99. The molecule has 3 aromatic rings. The average molecular weight is 348 g/mol. The molecule has 0 radical (unpaired) electrons. The van der Waals surface area contributed by atoms with Crippen LogP contribution in [0.25, 0.3) is 10.8 Å². The summed E-state index contributed by atoms with van der Waals surface area (Å²) < 4.78 is 5.69. The minimum absolute atomic E-state index is 0.00486. The maximum absolute atomic E-state index is 12.4. The highest BCUT2D eigenvalue weighted by Crippen LogP contribution is 2.20. The third-order valence-corrected chi connectivity index (χ3v) is 4.18. The Hall–Kier alpha value is -2.85. The summed E-state index contributed by atoms with van der Waals surface area (Å²) in [6.07, 6.45) is 0. The first-order chi connectivity index (χ1) is 12.6. The number of amides is 1. The molecule has 1 atom stereocenters. The van der Waals surface area contributed by atoms with Crippen molar-refractivity contribution < 1.29 is 9.53 Å². The molecule has 0 saturated carbocycles. The highest BCUT2D eigenvalue weighted by molar-refractivity contribution is 5.84. The van der Waals surface area contributed by atoms with Gasteiger partial charge >= 0.3 is 0 Å². The minimum Gasteiger partial charge on any atom is -0.484 e. The molecule has 1 N–H and O–H groups in total. The fourth-order valence-corrected chi connectivity index (χ4v) is 2.93. The molecule has 0 fully saturated rings. The number of hydrogen-bond acceptors (Lipinski definition) is 3. The van der Waals surface area contributed by atoms with Crippen LogP contribution in [-0.2, 0) is 4.79 Å². The molecule has 0 heterocycles. The van der Waals surface area contributed by atoms with Gasteiger partial charge in [-0.25, -0.2) is 0 Å². The van der Waals surface area contributed by atoms with E-state index in [1.807, 2.05) is 80.8 Å². The molecule has 0 aliphatic rings. The van der Waals surface area contributed by atoms with E-state index >= 15 is 0 Å². The van der Waals surface area contributed by atoms with Crippen molar-refractivity contribution in [2.45, 2.75) is 6.04 Å². The summed E-state index contributed by atoms with van der Waals surface area (Å²) >= 11 is 0. The predicted octanol–water partition coefficient (Wildman–Crippen LogP) is 3.64. The number of benzene rings is 3. The molecule has 3 rings (SSSR count). The van der Waals surface area contributed by atoms with Gasteiger partial charge in [0.05, 0.1) is 6.04 Å². The van der Waals surface area contributed by atoms with Gasteiger partial charge < -0.3 is 15.0 Å². The van der Waals surface area contributed by atoms with Crippen LogP contribution in [-0.4, -0.2) is 38.1 Å². The maximum atomic E-state index is 12.4. The van der Waals surface area contributed by atoms with Crippen LogP contribution in [0, 0.1) is 0 Å². The summed E-state index contributed by atoms with van der Waals surface area (Å²) in [6.45, 7) is 0.723. The first-order valence-corrected chi connectivity index (χ1v) is 8.72. The highest BCUT2D eigenvalue weighted by Gasteiger charge is 2.15. The van der Waals surface area contributed by atoms with Crippen LogP contribution in [0.15, 0.2) is 72.8 Å². The molecule has 4 nitrogen and oxygen atoms in total. The van der Waals surface area contributed by atoms with Gasteiger partial charge in [0.15, 0.2) is 6.61 Å². The van der Waals surface area contributed by atoms with E-state index in [1.165, 1.54) is 0 Å². The molecule has 1 amide bonds. The lowest BCUT2D eigenvalue weighted by molar-refractivity contribution is -0.124. The second-order valence-electron chi connectivity index (χ2n) is 6.59. The number of nitrogens with zero attached hydrogens (tertiary/aromatic N) is 1. The van der Waals surface area contributed by atoms with Crippen molar-refractivity contribution in [3.05, 3.63) is 78.4 Å². The molecular weight excluding hydrogens is 324 g/mol. The lowest BCUT2D eigenvalue weighted by Crippen LogP contribution is -2.37. The van der Waals surface area contributed by atoms with Gasteiger partial charge in [-0.15, -0.1) is 0 Å². The fraction of sp³-hybridized carbons (Fsp3) is 0.227. The Balaban J connectivity index is 1.62. The lowest BCUT2D eigenvalue weighted by atomic mass is 10.1. The number of rotatable bonds is 7. The van der Waals surface area contributed by atoms with Gasteiger partial charge in [0.1, 0.15) is 5.75 Å². The monoisotopic (exact) mass is 348 g/mol. The molecule has 0 aliphatic heterocycles. The van der Waals surface area contributed by atoms with Crippen LogP contribution >= 0.6 is 0 Å². The van der Waals surface area contributed by atoms with Crippen molar-refractivity contribution in [1.82, 2.24) is 10.2 Å². The molecule has 0 unspecified atom stereocenters. The van der Waals surface area contributed by atoms with Gasteiger partial charge in [-0.05, 0) is 42.6 Å². The van der Waals surface area contributed by atoms with E-state index in [0.29, 0.717) is 5.75 Å². The molecular formula is C22H24N2O2. The van der Waals surface area contributed by atoms with E-state index in [2.05, 4.69) is 16.3 Å². The number of likely N-dealkylation sites (N-methyl/N-ethyl adjacent to an activating group) is 1. The topological polar surface area (TPSA) is 41.6 Å². The zero-order valence-corrected chi connectivity index (χ0v) is 15.2. The number of ether oxygens (including phenoxy) is 1. The van der Waals surface area contributed by atoms with E-state index in [0.717, 1.165) is 22.9 Å². The van der Waals surface area contributed by atoms with Gasteiger partial charge in [0.2, 0.25) is 0 Å². The Kier molecular flexibility index (Phi) is 5.87. The Bertz CT molecular complexity index is 862. The molecule has 134 valence electrons. The van der Waals surface area contributed by atoms with Gasteiger partial charge in [-0.2, -0.15) is 0 Å². The average Bonchev–Trinajstić information content (AvgIpc) is 2.66. The number of nitrogens with one attached hydrogen (secondary N) is 1. The Morgan fingerprint density at radius 1 is 0.962 bits per heavy atom. The van der Waals surface area contributed by atoms with Crippen LogP contribution in [0.5, 0.6) is 5.75 Å². The normalized spacial score (nSPS) is 12.1. The van der Waals surface area contributed by atoms with Crippen molar-refractivity contribution >= 4 is 16.7 Å². The molecule has 0 aliphatic carbocycles. The lowest BCUT2D eigenvalue weighted by Gasteiger charge is -2.23. The molecule has 0 bridgehead atoms. The molecule has 26 heavy (non-hydrogen) atoms. The number of carbonyl (C=O) groups is 1. The molecule has 4 heteroatoms. The number of carbonyl (C=O) groups excluding carboxylic acids is 1. The summed E-state index contributed by atoms with van der Waals surface area (Å²) in [4.78, 5) is 14.4. The smallest absolute Gasteiger partial charge is 0.258 e. The van der Waals surface area contributed by atoms with E-state index in [9.17, 15) is 4.79 Å². The Morgan fingerprint density at radius 3 is 2.38 bits per heavy atom. The molecule has 0 spiro atoms. The molecule has 0 saturated heterocycles. The van der Waals surface area contributed by atoms with Gasteiger partial charge in [0, 0.05) is 6.54 Å².